The maximum absolute atomic E-state index is 13.3. The van der Waals surface area contributed by atoms with E-state index in [4.69, 9.17) is 4.74 Å². The van der Waals surface area contributed by atoms with Gasteiger partial charge in [-0.15, -0.1) is 0 Å². The Morgan fingerprint density at radius 2 is 0.806 bits per heavy atom. The summed E-state index contributed by atoms with van der Waals surface area (Å²) >= 11 is 0. The molecule has 0 heterocycles. The second-order valence-corrected chi connectivity index (χ2v) is 19.7. The number of carbonyl (C=O) groups excluding carboxylic acids is 2. The molecule has 67 heavy (non-hydrogen) atoms. The summed E-state index contributed by atoms with van der Waals surface area (Å²) in [6.45, 7) is 6.38. The highest BCUT2D eigenvalue weighted by Crippen LogP contribution is 2.18. The second kappa shape index (κ2) is 54.5. The number of allylic oxidation sites excluding steroid dienone is 10. The molecule has 6 heteroatoms. The van der Waals surface area contributed by atoms with Crippen LogP contribution in [0.25, 0.3) is 0 Å². The summed E-state index contributed by atoms with van der Waals surface area (Å²) < 4.78 is 5.93. The first-order chi connectivity index (χ1) is 33.0. The minimum atomic E-state index is -0.804. The molecule has 0 spiro atoms. The zero-order valence-electron chi connectivity index (χ0n) is 44.5. The Bertz CT molecular complexity index is 1190. The van der Waals surface area contributed by atoms with Gasteiger partial charge in [-0.25, -0.2) is 0 Å². The molecule has 0 aliphatic rings. The predicted molar refractivity (Wildman–Crippen MR) is 292 cm³/mol. The molecule has 0 bridgehead atoms. The van der Waals surface area contributed by atoms with Crippen molar-refractivity contribution in [3.05, 3.63) is 60.8 Å². The molecule has 0 rings (SSSR count). The molecule has 0 aliphatic carbocycles. The maximum Gasteiger partial charge on any atom is 0.306 e. The fourth-order valence-corrected chi connectivity index (χ4v) is 8.76. The zero-order chi connectivity index (χ0) is 48.8. The minimum Gasteiger partial charge on any atom is -0.462 e. The second-order valence-electron chi connectivity index (χ2n) is 19.7. The van der Waals surface area contributed by atoms with Crippen LogP contribution in [0.2, 0.25) is 0 Å². The monoisotopic (exact) mass is 938 g/mol. The number of hydrogen-bond donors (Lipinski definition) is 3. The summed E-state index contributed by atoms with van der Waals surface area (Å²) in [5, 5.41) is 23.9. The van der Waals surface area contributed by atoms with E-state index in [1.54, 1.807) is 0 Å². The molecule has 3 atom stereocenters. The Kier molecular flexibility index (Phi) is 52.5. The van der Waals surface area contributed by atoms with E-state index in [0.29, 0.717) is 19.3 Å². The normalized spacial score (nSPS) is 13.6. The van der Waals surface area contributed by atoms with Gasteiger partial charge in [0.2, 0.25) is 5.91 Å². The Hall–Kier alpha value is -2.44. The summed E-state index contributed by atoms with van der Waals surface area (Å²) in [6, 6.07) is -0.721. The Labute approximate surface area is 416 Å². The van der Waals surface area contributed by atoms with Crippen LogP contribution < -0.4 is 5.32 Å². The zero-order valence-corrected chi connectivity index (χ0v) is 44.5. The van der Waals surface area contributed by atoms with Crippen molar-refractivity contribution in [2.24, 2.45) is 0 Å². The van der Waals surface area contributed by atoms with Crippen LogP contribution in [0.4, 0.5) is 0 Å². The predicted octanol–water partition coefficient (Wildman–Crippen LogP) is 18.0. The lowest BCUT2D eigenvalue weighted by Gasteiger charge is -2.24. The van der Waals surface area contributed by atoms with Crippen LogP contribution in [-0.4, -0.2) is 46.9 Å². The highest BCUT2D eigenvalue weighted by atomic mass is 16.5. The van der Waals surface area contributed by atoms with Gasteiger partial charge in [0.15, 0.2) is 0 Å². The van der Waals surface area contributed by atoms with Crippen molar-refractivity contribution < 1.29 is 24.5 Å². The number of nitrogens with one attached hydrogen (secondary N) is 1. The van der Waals surface area contributed by atoms with Gasteiger partial charge in [0.1, 0.15) is 6.10 Å². The molecule has 3 unspecified atom stereocenters. The molecule has 0 fully saturated rings. The average Bonchev–Trinajstić information content (AvgIpc) is 3.32. The van der Waals surface area contributed by atoms with E-state index in [-0.39, 0.29) is 24.9 Å². The summed E-state index contributed by atoms with van der Waals surface area (Å²) in [4.78, 5) is 26.3. The Morgan fingerprint density at radius 3 is 1.19 bits per heavy atom. The van der Waals surface area contributed by atoms with Crippen LogP contribution in [0.15, 0.2) is 60.8 Å². The number of unbranched alkanes of at least 4 members (excludes halogenated alkanes) is 30. The summed E-state index contributed by atoms with van der Waals surface area (Å²) in [5.41, 5.74) is 0. The fourth-order valence-electron chi connectivity index (χ4n) is 8.76. The summed E-state index contributed by atoms with van der Waals surface area (Å²) in [6.07, 6.45) is 68.6. The first kappa shape index (κ1) is 64.6. The summed E-state index contributed by atoms with van der Waals surface area (Å²) in [5.74, 6) is -0.519. The molecule has 0 aliphatic heterocycles. The third-order valence-corrected chi connectivity index (χ3v) is 13.1. The summed E-state index contributed by atoms with van der Waals surface area (Å²) in [7, 11) is 0. The average molecular weight is 939 g/mol. The molecule has 3 N–H and O–H groups in total. The largest absolute Gasteiger partial charge is 0.462 e. The Balaban J connectivity index is 4.63. The van der Waals surface area contributed by atoms with Gasteiger partial charge in [0, 0.05) is 6.42 Å². The van der Waals surface area contributed by atoms with E-state index in [2.05, 4.69) is 86.8 Å². The maximum atomic E-state index is 13.3. The number of aliphatic hydroxyl groups excluding tert-OH is 2. The van der Waals surface area contributed by atoms with E-state index in [1.165, 1.54) is 161 Å². The molecule has 0 saturated heterocycles. The van der Waals surface area contributed by atoms with Crippen molar-refractivity contribution in [2.75, 3.05) is 6.61 Å². The van der Waals surface area contributed by atoms with Gasteiger partial charge in [-0.1, -0.05) is 274 Å². The smallest absolute Gasteiger partial charge is 0.306 e. The van der Waals surface area contributed by atoms with Crippen LogP contribution in [0.3, 0.4) is 0 Å². The lowest BCUT2D eigenvalue weighted by molar-refractivity contribution is -0.151. The Morgan fingerprint density at radius 1 is 0.448 bits per heavy atom. The quantitative estimate of drug-likeness (QED) is 0.0321. The first-order valence-electron chi connectivity index (χ1n) is 29.0. The highest BCUT2D eigenvalue weighted by Gasteiger charge is 2.24. The van der Waals surface area contributed by atoms with Crippen molar-refractivity contribution in [1.29, 1.82) is 0 Å². The van der Waals surface area contributed by atoms with Gasteiger partial charge >= 0.3 is 5.97 Å². The van der Waals surface area contributed by atoms with E-state index in [1.807, 2.05) is 0 Å². The number of carbonyl (C=O) groups is 2. The third-order valence-electron chi connectivity index (χ3n) is 13.1. The number of aliphatic hydroxyl groups is 2. The van der Waals surface area contributed by atoms with Crippen molar-refractivity contribution in [3.63, 3.8) is 0 Å². The molecular formula is C61H111NO5. The highest BCUT2D eigenvalue weighted by molar-refractivity contribution is 5.77. The fraction of sp³-hybridized carbons (Fsp3) is 0.803. The molecule has 0 aromatic rings. The van der Waals surface area contributed by atoms with Gasteiger partial charge < -0.3 is 20.3 Å². The van der Waals surface area contributed by atoms with Gasteiger partial charge in [-0.3, -0.25) is 9.59 Å². The standard InChI is InChI=1S/C61H111NO5/c1-4-7-10-13-16-19-22-25-28-30-32-34-37-40-43-46-49-52-57(67-61(66)54-51-48-45-42-39-36-31-27-24-21-18-15-12-9-6-3)55-60(65)62-58(56-63)59(64)53-50-47-44-41-38-35-33-29-26-23-20-17-14-11-8-5-2/h7,10,16,19,25,28,32,34,40,43,57-59,63-64H,4-6,8-9,11-15,17-18,20-24,26-27,29-31,33,35-39,41-42,44-56H2,1-3H3,(H,62,65)/b10-7-,19-16-,28-25-,34-32-,43-40-. The van der Waals surface area contributed by atoms with E-state index in [0.717, 1.165) is 83.5 Å². The van der Waals surface area contributed by atoms with Crippen LogP contribution in [-0.2, 0) is 14.3 Å². The molecule has 0 radical (unpaired) electrons. The molecule has 6 nitrogen and oxygen atoms in total. The van der Waals surface area contributed by atoms with Crippen LogP contribution in [0.1, 0.15) is 290 Å². The first-order valence-corrected chi connectivity index (χ1v) is 29.0. The topological polar surface area (TPSA) is 95.9 Å². The van der Waals surface area contributed by atoms with Gasteiger partial charge in [0.05, 0.1) is 25.2 Å². The number of ether oxygens (including phenoxy) is 1. The molecular weight excluding hydrogens is 827 g/mol. The lowest BCUT2D eigenvalue weighted by Crippen LogP contribution is -2.46. The van der Waals surface area contributed by atoms with Gasteiger partial charge in [0.25, 0.3) is 0 Å². The number of amides is 1. The van der Waals surface area contributed by atoms with Crippen LogP contribution >= 0.6 is 0 Å². The lowest BCUT2D eigenvalue weighted by atomic mass is 10.0. The molecule has 390 valence electrons. The molecule has 0 aromatic heterocycles. The van der Waals surface area contributed by atoms with Crippen LogP contribution in [0.5, 0.6) is 0 Å². The number of hydrogen-bond acceptors (Lipinski definition) is 5. The number of esters is 1. The van der Waals surface area contributed by atoms with Gasteiger partial charge in [-0.2, -0.15) is 0 Å². The van der Waals surface area contributed by atoms with E-state index < -0.39 is 18.2 Å². The van der Waals surface area contributed by atoms with Crippen molar-refractivity contribution >= 4 is 11.9 Å². The SMILES string of the molecule is CC/C=C\C/C=C\C/C=C\C/C=C\C/C=C\CCCC(CC(=O)NC(CO)C(O)CCCCCCCCCCCCCCCCCC)OC(=O)CCCCCCCCCCCCCCCCC. The minimum absolute atomic E-state index is 0.0402. The van der Waals surface area contributed by atoms with Crippen molar-refractivity contribution in [3.8, 4) is 0 Å². The third kappa shape index (κ3) is 49.8. The van der Waals surface area contributed by atoms with Crippen LogP contribution in [0, 0.1) is 0 Å². The molecule has 0 saturated carbocycles. The van der Waals surface area contributed by atoms with Gasteiger partial charge in [-0.05, 0) is 64.2 Å². The van der Waals surface area contributed by atoms with Crippen molar-refractivity contribution in [1.82, 2.24) is 5.32 Å². The molecule has 0 aromatic carbocycles. The van der Waals surface area contributed by atoms with E-state index in [9.17, 15) is 19.8 Å². The molecule has 1 amide bonds. The number of rotatable bonds is 52. The van der Waals surface area contributed by atoms with Crippen molar-refractivity contribution in [2.45, 2.75) is 309 Å². The van der Waals surface area contributed by atoms with E-state index >= 15 is 0 Å².